The maximum absolute atomic E-state index is 10.3. The molecule has 4 nitrogen and oxygen atoms in total. The van der Waals surface area contributed by atoms with Gasteiger partial charge in [-0.2, -0.15) is 0 Å². The minimum atomic E-state index is -0.444. The van der Waals surface area contributed by atoms with Crippen molar-refractivity contribution in [1.82, 2.24) is 0 Å². The Balaban J connectivity index is 2.24. The molecule has 1 aliphatic heterocycles. The van der Waals surface area contributed by atoms with Crippen LogP contribution in [0, 0.1) is 5.92 Å². The molecule has 1 aromatic rings. The molecule has 4 heteroatoms. The van der Waals surface area contributed by atoms with Crippen molar-refractivity contribution in [3.63, 3.8) is 0 Å². The predicted molar refractivity (Wildman–Crippen MR) is 91.4 cm³/mol. The second kappa shape index (κ2) is 7.84. The quantitative estimate of drug-likeness (QED) is 0.813. The van der Waals surface area contributed by atoms with Crippen LogP contribution in [-0.4, -0.2) is 30.8 Å². The SMILES string of the molecule is CCCN1CC(C(C)C)Oc2ccc(C(O)CCCN)cc21. The number of ether oxygens (including phenoxy) is 1. The Morgan fingerprint density at radius 1 is 1.41 bits per heavy atom. The molecule has 2 atom stereocenters. The summed E-state index contributed by atoms with van der Waals surface area (Å²) in [4.78, 5) is 2.39. The van der Waals surface area contributed by atoms with Gasteiger partial charge in [0.05, 0.1) is 18.3 Å². The Labute approximate surface area is 134 Å². The summed E-state index contributed by atoms with van der Waals surface area (Å²) in [5.74, 6) is 1.43. The van der Waals surface area contributed by atoms with Crippen molar-refractivity contribution in [2.75, 3.05) is 24.5 Å². The number of anilines is 1. The Morgan fingerprint density at radius 2 is 2.18 bits per heavy atom. The summed E-state index contributed by atoms with van der Waals surface area (Å²) >= 11 is 0. The van der Waals surface area contributed by atoms with Gasteiger partial charge < -0.3 is 20.5 Å². The molecule has 1 heterocycles. The highest BCUT2D eigenvalue weighted by atomic mass is 16.5. The van der Waals surface area contributed by atoms with E-state index in [1.54, 1.807) is 0 Å². The Hall–Kier alpha value is -1.26. The third-order valence-corrected chi connectivity index (χ3v) is 4.31. The molecule has 2 unspecified atom stereocenters. The molecule has 0 fully saturated rings. The lowest BCUT2D eigenvalue weighted by atomic mass is 10.0. The standard InChI is InChI=1S/C18H30N2O2/c1-4-10-20-12-18(13(2)3)22-17-8-7-14(11-15(17)20)16(21)6-5-9-19/h7-8,11,13,16,18,21H,4-6,9-10,12,19H2,1-3H3. The second-order valence-corrected chi connectivity index (χ2v) is 6.52. The third-order valence-electron chi connectivity index (χ3n) is 4.31. The molecule has 0 radical (unpaired) electrons. The van der Waals surface area contributed by atoms with E-state index in [0.717, 1.165) is 42.9 Å². The fourth-order valence-electron chi connectivity index (χ4n) is 2.91. The zero-order valence-corrected chi connectivity index (χ0v) is 14.1. The third kappa shape index (κ3) is 3.93. The summed E-state index contributed by atoms with van der Waals surface area (Å²) in [6.07, 6.45) is 2.43. The highest BCUT2D eigenvalue weighted by Crippen LogP contribution is 2.37. The first-order chi connectivity index (χ1) is 10.6. The number of hydrogen-bond donors (Lipinski definition) is 2. The van der Waals surface area contributed by atoms with Gasteiger partial charge in [0.25, 0.3) is 0 Å². The average molecular weight is 306 g/mol. The number of aliphatic hydroxyl groups is 1. The van der Waals surface area contributed by atoms with Crippen LogP contribution in [0.1, 0.15) is 51.7 Å². The molecule has 0 saturated heterocycles. The van der Waals surface area contributed by atoms with Crippen molar-refractivity contribution in [3.8, 4) is 5.75 Å². The van der Waals surface area contributed by atoms with E-state index >= 15 is 0 Å². The molecule has 0 amide bonds. The lowest BCUT2D eigenvalue weighted by Crippen LogP contribution is -2.43. The van der Waals surface area contributed by atoms with E-state index in [2.05, 4.69) is 31.7 Å². The molecule has 0 aromatic heterocycles. The fourth-order valence-corrected chi connectivity index (χ4v) is 2.91. The van der Waals surface area contributed by atoms with Crippen LogP contribution in [0.15, 0.2) is 18.2 Å². The van der Waals surface area contributed by atoms with E-state index in [4.69, 9.17) is 10.5 Å². The number of nitrogens with two attached hydrogens (primary N) is 1. The topological polar surface area (TPSA) is 58.7 Å². The molecular weight excluding hydrogens is 276 g/mol. The van der Waals surface area contributed by atoms with Crippen molar-refractivity contribution in [2.45, 2.75) is 52.2 Å². The van der Waals surface area contributed by atoms with Gasteiger partial charge in [-0.25, -0.2) is 0 Å². The minimum Gasteiger partial charge on any atom is -0.486 e. The predicted octanol–water partition coefficient (Wildman–Crippen LogP) is 3.09. The molecule has 2 rings (SSSR count). The molecule has 0 aliphatic carbocycles. The van der Waals surface area contributed by atoms with Gasteiger partial charge in [0.2, 0.25) is 0 Å². The summed E-state index contributed by atoms with van der Waals surface area (Å²) in [5, 5.41) is 10.3. The van der Waals surface area contributed by atoms with Crippen molar-refractivity contribution in [3.05, 3.63) is 23.8 Å². The van der Waals surface area contributed by atoms with Gasteiger partial charge in [-0.15, -0.1) is 0 Å². The maximum atomic E-state index is 10.3. The fraction of sp³-hybridized carbons (Fsp3) is 0.667. The smallest absolute Gasteiger partial charge is 0.143 e. The van der Waals surface area contributed by atoms with E-state index in [-0.39, 0.29) is 6.10 Å². The normalized spacial score (nSPS) is 19.0. The lowest BCUT2D eigenvalue weighted by Gasteiger charge is -2.38. The van der Waals surface area contributed by atoms with Gasteiger partial charge in [-0.05, 0) is 49.4 Å². The number of aliphatic hydroxyl groups excluding tert-OH is 1. The molecule has 3 N–H and O–H groups in total. The first kappa shape index (κ1) is 17.1. The van der Waals surface area contributed by atoms with Crippen LogP contribution in [-0.2, 0) is 0 Å². The monoisotopic (exact) mass is 306 g/mol. The van der Waals surface area contributed by atoms with E-state index in [9.17, 15) is 5.11 Å². The van der Waals surface area contributed by atoms with Crippen LogP contribution < -0.4 is 15.4 Å². The van der Waals surface area contributed by atoms with Crippen LogP contribution in [0.5, 0.6) is 5.75 Å². The van der Waals surface area contributed by atoms with Crippen molar-refractivity contribution in [1.29, 1.82) is 0 Å². The number of benzene rings is 1. The molecule has 0 bridgehead atoms. The molecule has 22 heavy (non-hydrogen) atoms. The summed E-state index contributed by atoms with van der Waals surface area (Å²) in [6.45, 7) is 9.14. The molecule has 1 aliphatic rings. The van der Waals surface area contributed by atoms with Crippen LogP contribution >= 0.6 is 0 Å². The second-order valence-electron chi connectivity index (χ2n) is 6.52. The van der Waals surface area contributed by atoms with E-state index in [1.165, 1.54) is 0 Å². The zero-order chi connectivity index (χ0) is 16.1. The maximum Gasteiger partial charge on any atom is 0.143 e. The highest BCUT2D eigenvalue weighted by Gasteiger charge is 2.28. The van der Waals surface area contributed by atoms with E-state index in [1.807, 2.05) is 12.1 Å². The van der Waals surface area contributed by atoms with Gasteiger partial charge >= 0.3 is 0 Å². The van der Waals surface area contributed by atoms with Crippen LogP contribution in [0.3, 0.4) is 0 Å². The Kier molecular flexibility index (Phi) is 6.09. The Morgan fingerprint density at radius 3 is 2.82 bits per heavy atom. The first-order valence-corrected chi connectivity index (χ1v) is 8.50. The summed E-state index contributed by atoms with van der Waals surface area (Å²) in [5.41, 5.74) is 7.60. The molecular formula is C18H30N2O2. The first-order valence-electron chi connectivity index (χ1n) is 8.50. The molecule has 124 valence electrons. The van der Waals surface area contributed by atoms with Crippen LogP contribution in [0.4, 0.5) is 5.69 Å². The van der Waals surface area contributed by atoms with Crippen molar-refractivity contribution in [2.24, 2.45) is 11.7 Å². The number of nitrogens with zero attached hydrogens (tertiary/aromatic N) is 1. The average Bonchev–Trinajstić information content (AvgIpc) is 2.52. The van der Waals surface area contributed by atoms with Gasteiger partial charge in [0.15, 0.2) is 0 Å². The van der Waals surface area contributed by atoms with Gasteiger partial charge in [0, 0.05) is 6.54 Å². The van der Waals surface area contributed by atoms with Crippen LogP contribution in [0.25, 0.3) is 0 Å². The largest absolute Gasteiger partial charge is 0.486 e. The zero-order valence-electron chi connectivity index (χ0n) is 14.1. The van der Waals surface area contributed by atoms with E-state index < -0.39 is 6.10 Å². The van der Waals surface area contributed by atoms with Crippen molar-refractivity contribution < 1.29 is 9.84 Å². The highest BCUT2D eigenvalue weighted by molar-refractivity contribution is 5.62. The molecule has 0 spiro atoms. The summed E-state index contributed by atoms with van der Waals surface area (Å²) in [7, 11) is 0. The van der Waals surface area contributed by atoms with E-state index in [0.29, 0.717) is 18.9 Å². The minimum absolute atomic E-state index is 0.229. The number of rotatable bonds is 7. The van der Waals surface area contributed by atoms with Gasteiger partial charge in [-0.1, -0.05) is 26.8 Å². The summed E-state index contributed by atoms with van der Waals surface area (Å²) in [6, 6.07) is 6.07. The molecule has 0 saturated carbocycles. The Bertz CT molecular complexity index is 476. The van der Waals surface area contributed by atoms with Crippen LogP contribution in [0.2, 0.25) is 0 Å². The summed E-state index contributed by atoms with van der Waals surface area (Å²) < 4.78 is 6.14. The number of hydrogen-bond acceptors (Lipinski definition) is 4. The van der Waals surface area contributed by atoms with Crippen molar-refractivity contribution >= 4 is 5.69 Å². The number of fused-ring (bicyclic) bond motifs is 1. The van der Waals surface area contributed by atoms with Gasteiger partial charge in [0.1, 0.15) is 11.9 Å². The molecule has 1 aromatic carbocycles. The lowest BCUT2D eigenvalue weighted by molar-refractivity contribution is 0.144. The van der Waals surface area contributed by atoms with Gasteiger partial charge in [-0.3, -0.25) is 0 Å².